The Morgan fingerprint density at radius 2 is 2.11 bits per heavy atom. The molecule has 4 nitrogen and oxygen atoms in total. The lowest BCUT2D eigenvalue weighted by Crippen LogP contribution is -2.15. The Bertz CT molecular complexity index is 540. The third-order valence-electron chi connectivity index (χ3n) is 3.61. The molecule has 104 valence electrons. The number of rotatable bonds is 6. The fourth-order valence-electron chi connectivity index (χ4n) is 2.14. The molecule has 2 rings (SSSR count). The average molecular weight is 261 g/mol. The zero-order valence-electron chi connectivity index (χ0n) is 12.3. The maximum atomic E-state index is 5.56. The van der Waals surface area contributed by atoms with Gasteiger partial charge >= 0.3 is 0 Å². The van der Waals surface area contributed by atoms with Crippen molar-refractivity contribution in [2.45, 2.75) is 47.2 Å². The molecule has 0 aliphatic rings. The molecule has 2 aromatic heterocycles. The predicted molar refractivity (Wildman–Crippen MR) is 76.2 cm³/mol. The number of hydrogen-bond donors (Lipinski definition) is 1. The standard InChI is InChI=1S/C15H23N3O/c1-5-7-16-9-15-14(6-8-19-15)10-18-13(4)11(2)12(3)17-18/h6,8,16H,5,7,9-10H2,1-4H3. The lowest BCUT2D eigenvalue weighted by molar-refractivity contribution is 0.474. The quantitative estimate of drug-likeness (QED) is 0.813. The summed E-state index contributed by atoms with van der Waals surface area (Å²) < 4.78 is 7.61. The van der Waals surface area contributed by atoms with E-state index in [1.165, 1.54) is 16.8 Å². The second-order valence-corrected chi connectivity index (χ2v) is 5.00. The van der Waals surface area contributed by atoms with E-state index in [9.17, 15) is 0 Å². The Labute approximate surface area is 114 Å². The summed E-state index contributed by atoms with van der Waals surface area (Å²) in [6.45, 7) is 11.0. The van der Waals surface area contributed by atoms with Crippen LogP contribution in [-0.2, 0) is 13.1 Å². The first-order valence-corrected chi connectivity index (χ1v) is 6.90. The number of furan rings is 1. The monoisotopic (exact) mass is 261 g/mol. The Balaban J connectivity index is 2.10. The Hall–Kier alpha value is -1.55. The van der Waals surface area contributed by atoms with Gasteiger partial charge in [-0.15, -0.1) is 0 Å². The molecular weight excluding hydrogens is 238 g/mol. The van der Waals surface area contributed by atoms with Crippen LogP contribution in [0.1, 0.15) is 41.6 Å². The van der Waals surface area contributed by atoms with Crippen LogP contribution in [0.15, 0.2) is 16.7 Å². The van der Waals surface area contributed by atoms with Crippen molar-refractivity contribution < 1.29 is 4.42 Å². The summed E-state index contributed by atoms with van der Waals surface area (Å²) in [6, 6.07) is 2.04. The zero-order valence-corrected chi connectivity index (χ0v) is 12.3. The highest BCUT2D eigenvalue weighted by Crippen LogP contribution is 2.16. The molecular formula is C15H23N3O. The van der Waals surface area contributed by atoms with Crippen molar-refractivity contribution in [1.29, 1.82) is 0 Å². The van der Waals surface area contributed by atoms with Crippen molar-refractivity contribution in [3.8, 4) is 0 Å². The summed E-state index contributed by atoms with van der Waals surface area (Å²) in [4.78, 5) is 0. The third-order valence-corrected chi connectivity index (χ3v) is 3.61. The van der Waals surface area contributed by atoms with Gasteiger partial charge in [-0.2, -0.15) is 5.10 Å². The van der Waals surface area contributed by atoms with Crippen molar-refractivity contribution >= 4 is 0 Å². The van der Waals surface area contributed by atoms with E-state index in [0.717, 1.165) is 37.5 Å². The van der Waals surface area contributed by atoms with Crippen LogP contribution in [0.5, 0.6) is 0 Å². The van der Waals surface area contributed by atoms with Crippen LogP contribution in [-0.4, -0.2) is 16.3 Å². The van der Waals surface area contributed by atoms with Gasteiger partial charge < -0.3 is 9.73 Å². The minimum absolute atomic E-state index is 0.778. The van der Waals surface area contributed by atoms with Crippen LogP contribution in [0.3, 0.4) is 0 Å². The predicted octanol–water partition coefficient (Wildman–Crippen LogP) is 2.95. The van der Waals surface area contributed by atoms with Crippen molar-refractivity contribution in [3.63, 3.8) is 0 Å². The Morgan fingerprint density at radius 1 is 1.32 bits per heavy atom. The van der Waals surface area contributed by atoms with Gasteiger partial charge in [0.15, 0.2) is 0 Å². The maximum Gasteiger partial charge on any atom is 0.122 e. The molecule has 2 heterocycles. The molecule has 0 amide bonds. The lowest BCUT2D eigenvalue weighted by atomic mass is 10.2. The summed E-state index contributed by atoms with van der Waals surface area (Å²) in [5.74, 6) is 1.01. The first-order valence-electron chi connectivity index (χ1n) is 6.90. The Kier molecular flexibility index (Phi) is 4.43. The Morgan fingerprint density at radius 3 is 2.74 bits per heavy atom. The van der Waals surface area contributed by atoms with Gasteiger partial charge in [-0.3, -0.25) is 4.68 Å². The van der Waals surface area contributed by atoms with E-state index in [1.54, 1.807) is 6.26 Å². The fourth-order valence-corrected chi connectivity index (χ4v) is 2.14. The minimum Gasteiger partial charge on any atom is -0.468 e. The van der Waals surface area contributed by atoms with Crippen molar-refractivity contribution in [1.82, 2.24) is 15.1 Å². The van der Waals surface area contributed by atoms with E-state index < -0.39 is 0 Å². The topological polar surface area (TPSA) is 43.0 Å². The number of aromatic nitrogens is 2. The lowest BCUT2D eigenvalue weighted by Gasteiger charge is -2.06. The van der Waals surface area contributed by atoms with Crippen LogP contribution in [0.25, 0.3) is 0 Å². The van der Waals surface area contributed by atoms with E-state index in [1.807, 2.05) is 6.07 Å². The van der Waals surface area contributed by atoms with Gasteiger partial charge in [0.25, 0.3) is 0 Å². The molecule has 0 saturated heterocycles. The van der Waals surface area contributed by atoms with Crippen LogP contribution < -0.4 is 5.32 Å². The molecule has 0 saturated carbocycles. The van der Waals surface area contributed by atoms with Crippen LogP contribution in [0.2, 0.25) is 0 Å². The SMILES string of the molecule is CCCNCc1occc1Cn1nc(C)c(C)c1C. The molecule has 0 aromatic carbocycles. The molecule has 0 fully saturated rings. The van der Waals surface area contributed by atoms with Gasteiger partial charge in [-0.05, 0) is 45.4 Å². The molecule has 19 heavy (non-hydrogen) atoms. The summed E-state index contributed by atoms with van der Waals surface area (Å²) in [6.07, 6.45) is 2.89. The normalized spacial score (nSPS) is 11.2. The highest BCUT2D eigenvalue weighted by molar-refractivity contribution is 5.24. The van der Waals surface area contributed by atoms with Crippen LogP contribution in [0, 0.1) is 20.8 Å². The molecule has 0 unspecified atom stereocenters. The first kappa shape index (κ1) is 13.9. The average Bonchev–Trinajstić information content (AvgIpc) is 2.92. The minimum atomic E-state index is 0.778. The third kappa shape index (κ3) is 3.07. The fraction of sp³-hybridized carbons (Fsp3) is 0.533. The van der Waals surface area contributed by atoms with Gasteiger partial charge in [-0.1, -0.05) is 6.92 Å². The molecule has 2 aromatic rings. The molecule has 1 N–H and O–H groups in total. The summed E-state index contributed by atoms with van der Waals surface area (Å²) in [5, 5.41) is 7.95. The first-order chi connectivity index (χ1) is 9.13. The van der Waals surface area contributed by atoms with Gasteiger partial charge in [-0.25, -0.2) is 0 Å². The van der Waals surface area contributed by atoms with Gasteiger partial charge in [0.2, 0.25) is 0 Å². The summed E-state index contributed by atoms with van der Waals surface area (Å²) in [5.41, 5.74) is 4.81. The van der Waals surface area contributed by atoms with E-state index in [-0.39, 0.29) is 0 Å². The number of aryl methyl sites for hydroxylation is 1. The number of nitrogens with one attached hydrogen (secondary N) is 1. The molecule has 0 atom stereocenters. The molecule has 0 aliphatic heterocycles. The smallest absolute Gasteiger partial charge is 0.122 e. The molecule has 0 bridgehead atoms. The molecule has 4 heteroatoms. The van der Waals surface area contributed by atoms with Crippen molar-refractivity contribution in [2.75, 3.05) is 6.54 Å². The molecule has 0 spiro atoms. The van der Waals surface area contributed by atoms with Crippen molar-refractivity contribution in [2.24, 2.45) is 0 Å². The van der Waals surface area contributed by atoms with Gasteiger partial charge in [0, 0.05) is 11.3 Å². The van der Waals surface area contributed by atoms with E-state index in [0.29, 0.717) is 0 Å². The second-order valence-electron chi connectivity index (χ2n) is 5.00. The highest BCUT2D eigenvalue weighted by atomic mass is 16.3. The van der Waals surface area contributed by atoms with Gasteiger partial charge in [0.1, 0.15) is 5.76 Å². The number of nitrogens with zero attached hydrogens (tertiary/aromatic N) is 2. The van der Waals surface area contributed by atoms with E-state index >= 15 is 0 Å². The van der Waals surface area contributed by atoms with E-state index in [2.05, 4.69) is 42.8 Å². The number of hydrogen-bond acceptors (Lipinski definition) is 3. The molecule has 0 aliphatic carbocycles. The van der Waals surface area contributed by atoms with E-state index in [4.69, 9.17) is 4.42 Å². The van der Waals surface area contributed by atoms with Crippen LogP contribution >= 0.6 is 0 Å². The van der Waals surface area contributed by atoms with Crippen molar-refractivity contribution in [3.05, 3.63) is 40.6 Å². The largest absolute Gasteiger partial charge is 0.468 e. The molecule has 0 radical (unpaired) electrons. The highest BCUT2D eigenvalue weighted by Gasteiger charge is 2.11. The summed E-state index contributed by atoms with van der Waals surface area (Å²) in [7, 11) is 0. The van der Waals surface area contributed by atoms with Crippen LogP contribution in [0.4, 0.5) is 0 Å². The zero-order chi connectivity index (χ0) is 13.8. The van der Waals surface area contributed by atoms with Gasteiger partial charge in [0.05, 0.1) is 25.0 Å². The maximum absolute atomic E-state index is 5.56. The second kappa shape index (κ2) is 6.06. The summed E-state index contributed by atoms with van der Waals surface area (Å²) >= 11 is 0.